The Hall–Kier alpha value is -1.69. The van der Waals surface area contributed by atoms with Crippen molar-refractivity contribution in [1.29, 1.82) is 0 Å². The summed E-state index contributed by atoms with van der Waals surface area (Å²) in [5.74, 6) is -0.226. The molecule has 5 nitrogen and oxygen atoms in total. The van der Waals surface area contributed by atoms with E-state index < -0.39 is 0 Å². The summed E-state index contributed by atoms with van der Waals surface area (Å²) >= 11 is 3.39. The Morgan fingerprint density at radius 1 is 1.50 bits per heavy atom. The second-order valence-corrected chi connectivity index (χ2v) is 4.84. The molecule has 0 radical (unpaired) electrons. The molecule has 2 rings (SSSR count). The van der Waals surface area contributed by atoms with Crippen molar-refractivity contribution in [3.05, 3.63) is 41.4 Å². The maximum Gasteiger partial charge on any atom is 0.229 e. The van der Waals surface area contributed by atoms with Crippen LogP contribution in [0.4, 0.5) is 5.69 Å². The molecular formula is C12H13BrN4O. The van der Waals surface area contributed by atoms with E-state index in [1.165, 1.54) is 6.33 Å². The molecule has 0 aliphatic heterocycles. The number of amides is 1. The predicted molar refractivity (Wildman–Crippen MR) is 72.0 cm³/mol. The maximum atomic E-state index is 12.0. The Morgan fingerprint density at radius 3 is 2.94 bits per heavy atom. The van der Waals surface area contributed by atoms with Crippen molar-refractivity contribution in [3.8, 4) is 0 Å². The molecule has 0 unspecified atom stereocenters. The van der Waals surface area contributed by atoms with E-state index in [0.29, 0.717) is 6.54 Å². The van der Waals surface area contributed by atoms with Gasteiger partial charge in [-0.2, -0.15) is 5.10 Å². The fraction of sp³-hybridized carbons (Fsp3) is 0.250. The Labute approximate surface area is 113 Å². The molecule has 0 saturated heterocycles. The SMILES string of the molecule is C[C@@H](Cn1cncn1)C(=O)Nc1ccccc1Br. The van der Waals surface area contributed by atoms with Gasteiger partial charge in [0.1, 0.15) is 12.7 Å². The highest BCUT2D eigenvalue weighted by Gasteiger charge is 2.14. The highest BCUT2D eigenvalue weighted by Crippen LogP contribution is 2.21. The number of para-hydroxylation sites is 1. The van der Waals surface area contributed by atoms with Gasteiger partial charge in [-0.25, -0.2) is 4.98 Å². The molecule has 94 valence electrons. The number of hydrogen-bond donors (Lipinski definition) is 1. The van der Waals surface area contributed by atoms with Gasteiger partial charge in [0.25, 0.3) is 0 Å². The lowest BCUT2D eigenvalue weighted by Crippen LogP contribution is -2.24. The van der Waals surface area contributed by atoms with Crippen molar-refractivity contribution in [3.63, 3.8) is 0 Å². The van der Waals surface area contributed by atoms with Gasteiger partial charge in [0, 0.05) is 4.47 Å². The first-order valence-corrected chi connectivity index (χ1v) is 6.34. The van der Waals surface area contributed by atoms with Gasteiger partial charge in [0.05, 0.1) is 18.2 Å². The first kappa shape index (κ1) is 12.8. The first-order valence-electron chi connectivity index (χ1n) is 5.54. The van der Waals surface area contributed by atoms with E-state index in [1.54, 1.807) is 11.0 Å². The van der Waals surface area contributed by atoms with Gasteiger partial charge < -0.3 is 5.32 Å². The van der Waals surface area contributed by atoms with Crippen molar-refractivity contribution in [1.82, 2.24) is 14.8 Å². The molecule has 0 fully saturated rings. The highest BCUT2D eigenvalue weighted by atomic mass is 79.9. The Bertz CT molecular complexity index is 527. The summed E-state index contributed by atoms with van der Waals surface area (Å²) < 4.78 is 2.51. The highest BCUT2D eigenvalue weighted by molar-refractivity contribution is 9.10. The molecular weight excluding hydrogens is 296 g/mol. The number of nitrogens with zero attached hydrogens (tertiary/aromatic N) is 3. The summed E-state index contributed by atoms with van der Waals surface area (Å²) in [5.41, 5.74) is 0.771. The van der Waals surface area contributed by atoms with Gasteiger partial charge in [0.2, 0.25) is 5.91 Å². The lowest BCUT2D eigenvalue weighted by atomic mass is 10.1. The van der Waals surface area contributed by atoms with Crippen LogP contribution in [0.15, 0.2) is 41.4 Å². The number of carbonyl (C=O) groups excluding carboxylic acids is 1. The topological polar surface area (TPSA) is 59.8 Å². The maximum absolute atomic E-state index is 12.0. The van der Waals surface area contributed by atoms with Crippen molar-refractivity contribution in [2.24, 2.45) is 5.92 Å². The molecule has 18 heavy (non-hydrogen) atoms. The van der Waals surface area contributed by atoms with E-state index in [1.807, 2.05) is 31.2 Å². The minimum absolute atomic E-state index is 0.0441. The van der Waals surface area contributed by atoms with E-state index >= 15 is 0 Å². The molecule has 0 aliphatic rings. The minimum Gasteiger partial charge on any atom is -0.325 e. The average Bonchev–Trinajstić information content (AvgIpc) is 2.84. The fourth-order valence-electron chi connectivity index (χ4n) is 1.51. The fourth-order valence-corrected chi connectivity index (χ4v) is 1.89. The quantitative estimate of drug-likeness (QED) is 0.943. The summed E-state index contributed by atoms with van der Waals surface area (Å²) in [6, 6.07) is 7.52. The molecule has 0 spiro atoms. The summed E-state index contributed by atoms with van der Waals surface area (Å²) in [4.78, 5) is 15.8. The van der Waals surface area contributed by atoms with Gasteiger partial charge in [-0.05, 0) is 28.1 Å². The molecule has 6 heteroatoms. The number of anilines is 1. The average molecular weight is 309 g/mol. The zero-order chi connectivity index (χ0) is 13.0. The lowest BCUT2D eigenvalue weighted by molar-refractivity contribution is -0.119. The summed E-state index contributed by atoms with van der Waals surface area (Å²) in [7, 11) is 0. The monoisotopic (exact) mass is 308 g/mol. The third-order valence-corrected chi connectivity index (χ3v) is 3.20. The number of hydrogen-bond acceptors (Lipinski definition) is 3. The van der Waals surface area contributed by atoms with Crippen LogP contribution in [-0.2, 0) is 11.3 Å². The molecule has 1 amide bonds. The van der Waals surface area contributed by atoms with Crippen molar-refractivity contribution >= 4 is 27.5 Å². The molecule has 0 saturated carbocycles. The molecule has 2 aromatic rings. The number of nitrogens with one attached hydrogen (secondary N) is 1. The molecule has 1 atom stereocenters. The molecule has 1 aromatic carbocycles. The van der Waals surface area contributed by atoms with E-state index in [0.717, 1.165) is 10.2 Å². The van der Waals surface area contributed by atoms with E-state index in [9.17, 15) is 4.79 Å². The van der Waals surface area contributed by atoms with Gasteiger partial charge in [-0.3, -0.25) is 9.48 Å². The standard InChI is InChI=1S/C12H13BrN4O/c1-9(6-17-8-14-7-15-17)12(18)16-11-5-3-2-4-10(11)13/h2-5,7-9H,6H2,1H3,(H,16,18)/t9-/m0/s1. The van der Waals surface area contributed by atoms with Crippen molar-refractivity contribution in [2.75, 3.05) is 5.32 Å². The number of carbonyl (C=O) groups is 1. The number of benzene rings is 1. The van der Waals surface area contributed by atoms with Crippen LogP contribution in [0.2, 0.25) is 0 Å². The van der Waals surface area contributed by atoms with Crippen molar-refractivity contribution < 1.29 is 4.79 Å². The Morgan fingerprint density at radius 2 is 2.28 bits per heavy atom. The summed E-state index contributed by atoms with van der Waals surface area (Å²) in [5, 5.41) is 6.85. The Balaban J connectivity index is 1.98. The van der Waals surface area contributed by atoms with Crippen LogP contribution in [0.25, 0.3) is 0 Å². The van der Waals surface area contributed by atoms with Gasteiger partial charge >= 0.3 is 0 Å². The first-order chi connectivity index (χ1) is 8.66. The Kier molecular flexibility index (Phi) is 4.09. The third-order valence-electron chi connectivity index (χ3n) is 2.51. The molecule has 1 heterocycles. The van der Waals surface area contributed by atoms with E-state index in [4.69, 9.17) is 0 Å². The zero-order valence-corrected chi connectivity index (χ0v) is 11.5. The van der Waals surface area contributed by atoms with Gasteiger partial charge in [0.15, 0.2) is 0 Å². The third kappa shape index (κ3) is 3.16. The lowest BCUT2D eigenvalue weighted by Gasteiger charge is -2.12. The second kappa shape index (κ2) is 5.77. The minimum atomic E-state index is -0.182. The van der Waals surface area contributed by atoms with E-state index in [2.05, 4.69) is 31.3 Å². The van der Waals surface area contributed by atoms with Crippen LogP contribution < -0.4 is 5.32 Å². The van der Waals surface area contributed by atoms with Crippen LogP contribution in [0.1, 0.15) is 6.92 Å². The largest absolute Gasteiger partial charge is 0.325 e. The zero-order valence-electron chi connectivity index (χ0n) is 9.88. The molecule has 1 aromatic heterocycles. The summed E-state index contributed by atoms with van der Waals surface area (Å²) in [6.45, 7) is 2.37. The van der Waals surface area contributed by atoms with Gasteiger partial charge in [-0.15, -0.1) is 0 Å². The number of rotatable bonds is 4. The number of halogens is 1. The smallest absolute Gasteiger partial charge is 0.229 e. The van der Waals surface area contributed by atoms with Crippen LogP contribution in [0, 0.1) is 5.92 Å². The molecule has 0 bridgehead atoms. The van der Waals surface area contributed by atoms with Crippen LogP contribution in [0.3, 0.4) is 0 Å². The number of aromatic nitrogens is 3. The predicted octanol–water partition coefficient (Wildman–Crippen LogP) is 2.32. The van der Waals surface area contributed by atoms with Crippen LogP contribution in [0.5, 0.6) is 0 Å². The van der Waals surface area contributed by atoms with Gasteiger partial charge in [-0.1, -0.05) is 19.1 Å². The normalized spacial score (nSPS) is 12.1. The molecule has 0 aliphatic carbocycles. The van der Waals surface area contributed by atoms with Crippen molar-refractivity contribution in [2.45, 2.75) is 13.5 Å². The molecule has 1 N–H and O–H groups in total. The van der Waals surface area contributed by atoms with Crippen LogP contribution in [-0.4, -0.2) is 20.7 Å². The summed E-state index contributed by atoms with van der Waals surface area (Å²) in [6.07, 6.45) is 3.06. The van der Waals surface area contributed by atoms with E-state index in [-0.39, 0.29) is 11.8 Å². The second-order valence-electron chi connectivity index (χ2n) is 3.99. The van der Waals surface area contributed by atoms with Crippen LogP contribution >= 0.6 is 15.9 Å².